The topological polar surface area (TPSA) is 135 Å². The zero-order chi connectivity index (χ0) is 27.7. The fraction of sp³-hybridized carbons (Fsp3) is 0.560. The molecule has 0 spiro atoms. The number of sulfonamides is 1. The lowest BCUT2D eigenvalue weighted by Crippen LogP contribution is -2.34. The number of hydrogen-bond donors (Lipinski definition) is 0. The van der Waals surface area contributed by atoms with Crippen LogP contribution in [0.1, 0.15) is 63.3 Å². The highest BCUT2D eigenvalue weighted by Gasteiger charge is 2.40. The highest BCUT2D eigenvalue weighted by atomic mass is 32.2. The van der Waals surface area contributed by atoms with E-state index in [2.05, 4.69) is 25.2 Å². The highest BCUT2D eigenvalue weighted by molar-refractivity contribution is 7.89. The summed E-state index contributed by atoms with van der Waals surface area (Å²) in [4.78, 5) is 21.3. The van der Waals surface area contributed by atoms with Crippen LogP contribution in [0.15, 0.2) is 21.6 Å². The minimum Gasteiger partial charge on any atom is -0.497 e. The number of methoxy groups -OCH3 is 1. The van der Waals surface area contributed by atoms with Gasteiger partial charge in [0.15, 0.2) is 5.82 Å². The lowest BCUT2D eigenvalue weighted by molar-refractivity contribution is 0.0735. The number of nitrogens with zero attached hydrogens (tertiary/aromatic N) is 7. The van der Waals surface area contributed by atoms with E-state index in [0.717, 1.165) is 42.5 Å². The average molecular weight is 576 g/mol. The number of hydrogen-bond acceptors (Lipinski definition) is 11. The van der Waals surface area contributed by atoms with Gasteiger partial charge in [-0.25, -0.2) is 8.42 Å². The minimum atomic E-state index is -3.85. The molecule has 0 unspecified atom stereocenters. The molecule has 0 N–H and O–H groups in total. The molecule has 1 amide bonds. The van der Waals surface area contributed by atoms with Gasteiger partial charge >= 0.3 is 11.8 Å². The fourth-order valence-electron chi connectivity index (χ4n) is 4.86. The second-order valence-electron chi connectivity index (χ2n) is 10.1. The van der Waals surface area contributed by atoms with Crippen molar-refractivity contribution in [3.8, 4) is 5.75 Å². The smallest absolute Gasteiger partial charge is 0.316 e. The number of rotatable bonds is 11. The maximum atomic E-state index is 13.7. The summed E-state index contributed by atoms with van der Waals surface area (Å²) in [5.74, 6) is 0.0746. The van der Waals surface area contributed by atoms with Crippen LogP contribution in [0.4, 0.5) is 0 Å². The number of aromatic nitrogens is 4. The molecule has 210 valence electrons. The van der Waals surface area contributed by atoms with E-state index in [1.807, 2.05) is 0 Å². The second kappa shape index (κ2) is 11.3. The largest absolute Gasteiger partial charge is 0.497 e. The Morgan fingerprint density at radius 3 is 2.44 bits per heavy atom. The lowest BCUT2D eigenvalue weighted by Gasteiger charge is -2.23. The van der Waals surface area contributed by atoms with Gasteiger partial charge in [0.25, 0.3) is 0 Å². The van der Waals surface area contributed by atoms with E-state index in [4.69, 9.17) is 9.26 Å². The van der Waals surface area contributed by atoms with Crippen molar-refractivity contribution in [2.45, 2.75) is 70.1 Å². The molecule has 1 aromatic carbocycles. The van der Waals surface area contributed by atoms with Crippen LogP contribution < -0.4 is 4.74 Å². The quantitative estimate of drug-likeness (QED) is 0.336. The van der Waals surface area contributed by atoms with Crippen molar-refractivity contribution < 1.29 is 22.5 Å². The molecule has 39 heavy (non-hydrogen) atoms. The number of ether oxygens (including phenoxy) is 1. The summed E-state index contributed by atoms with van der Waals surface area (Å²) >= 11 is 1.48. The van der Waals surface area contributed by atoms with Crippen LogP contribution in [-0.4, -0.2) is 82.1 Å². The first-order chi connectivity index (χ1) is 18.7. The summed E-state index contributed by atoms with van der Waals surface area (Å²) in [6.07, 6.45) is 3.92. The Kier molecular flexibility index (Phi) is 7.99. The van der Waals surface area contributed by atoms with Crippen LogP contribution in [0.3, 0.4) is 0 Å². The highest BCUT2D eigenvalue weighted by Crippen LogP contribution is 2.36. The van der Waals surface area contributed by atoms with Crippen molar-refractivity contribution in [2.24, 2.45) is 0 Å². The average Bonchev–Trinajstić information content (AvgIpc) is 3.23. The molecule has 5 rings (SSSR count). The van der Waals surface area contributed by atoms with E-state index < -0.39 is 15.9 Å². The van der Waals surface area contributed by atoms with Crippen molar-refractivity contribution in [1.29, 1.82) is 0 Å². The third-order valence-electron chi connectivity index (χ3n) is 6.92. The Bertz CT molecular complexity index is 1420. The maximum absolute atomic E-state index is 13.7. The molecule has 14 heteroatoms. The molecule has 2 aliphatic rings. The molecular weight excluding hydrogens is 542 g/mol. The SMILES string of the molecule is COc1cc(C)c(S(=O)(=O)N(Cc2noc(C(=O)N(C)Cc3nnc(CN4CCCC4)s3)n2)C2CC2)c(C)c1. The lowest BCUT2D eigenvalue weighted by atomic mass is 10.1. The van der Waals surface area contributed by atoms with E-state index in [1.54, 1.807) is 40.1 Å². The predicted octanol–water partition coefficient (Wildman–Crippen LogP) is 2.77. The molecule has 1 saturated heterocycles. The summed E-state index contributed by atoms with van der Waals surface area (Å²) in [5, 5.41) is 14.1. The number of amides is 1. The molecule has 0 bridgehead atoms. The monoisotopic (exact) mass is 575 g/mol. The van der Waals surface area contributed by atoms with Crippen LogP contribution in [0, 0.1) is 13.8 Å². The van der Waals surface area contributed by atoms with Gasteiger partial charge in [0, 0.05) is 13.1 Å². The van der Waals surface area contributed by atoms with Gasteiger partial charge < -0.3 is 14.2 Å². The second-order valence-corrected chi connectivity index (χ2v) is 13.1. The van der Waals surface area contributed by atoms with Gasteiger partial charge in [-0.05, 0) is 75.9 Å². The van der Waals surface area contributed by atoms with Crippen LogP contribution in [0.2, 0.25) is 0 Å². The van der Waals surface area contributed by atoms with E-state index in [1.165, 1.54) is 33.4 Å². The van der Waals surface area contributed by atoms with Crippen LogP contribution in [0.5, 0.6) is 5.75 Å². The molecule has 2 fully saturated rings. The molecular formula is C25H33N7O5S2. The van der Waals surface area contributed by atoms with E-state index in [9.17, 15) is 13.2 Å². The standard InChI is InChI=1S/C25H33N7O5S2/c1-16-11-19(36-4)12-17(2)23(16)39(34,35)32(18-7-8-18)13-20-26-24(37-29-20)25(33)30(3)14-21-27-28-22(38-21)15-31-9-5-6-10-31/h11-12,18H,5-10,13-15H2,1-4H3. The van der Waals surface area contributed by atoms with Gasteiger partial charge in [0.2, 0.25) is 10.0 Å². The van der Waals surface area contributed by atoms with E-state index >= 15 is 0 Å². The molecule has 3 aromatic rings. The first-order valence-electron chi connectivity index (χ1n) is 12.9. The van der Waals surface area contributed by atoms with Gasteiger partial charge in [-0.2, -0.15) is 9.29 Å². The number of carbonyl (C=O) groups excluding carboxylic acids is 1. The van der Waals surface area contributed by atoms with Gasteiger partial charge in [0.1, 0.15) is 15.8 Å². The molecule has 3 heterocycles. The van der Waals surface area contributed by atoms with E-state index in [0.29, 0.717) is 16.9 Å². The summed E-state index contributed by atoms with van der Waals surface area (Å²) in [5.41, 5.74) is 1.20. The molecule has 1 aliphatic heterocycles. The van der Waals surface area contributed by atoms with Crippen LogP contribution >= 0.6 is 11.3 Å². The normalized spacial score (nSPS) is 16.2. The molecule has 0 radical (unpaired) electrons. The Morgan fingerprint density at radius 2 is 1.79 bits per heavy atom. The zero-order valence-electron chi connectivity index (χ0n) is 22.6. The van der Waals surface area contributed by atoms with Gasteiger partial charge in [0.05, 0.1) is 31.6 Å². The predicted molar refractivity (Wildman–Crippen MR) is 143 cm³/mol. The van der Waals surface area contributed by atoms with Crippen molar-refractivity contribution in [2.75, 3.05) is 27.2 Å². The zero-order valence-corrected chi connectivity index (χ0v) is 24.2. The molecule has 0 atom stereocenters. The van der Waals surface area contributed by atoms with Gasteiger partial charge in [-0.15, -0.1) is 10.2 Å². The summed E-state index contributed by atoms with van der Waals surface area (Å²) in [6, 6.07) is 3.27. The third kappa shape index (κ3) is 6.13. The van der Waals surface area contributed by atoms with Gasteiger partial charge in [-0.1, -0.05) is 16.5 Å². The first kappa shape index (κ1) is 27.6. The molecule has 12 nitrogen and oxygen atoms in total. The number of benzene rings is 1. The first-order valence-corrected chi connectivity index (χ1v) is 15.2. The Balaban J connectivity index is 1.26. The van der Waals surface area contributed by atoms with Crippen LogP contribution in [-0.2, 0) is 29.7 Å². The number of carbonyl (C=O) groups is 1. The Labute approximate surface area is 232 Å². The van der Waals surface area contributed by atoms with Crippen molar-refractivity contribution >= 4 is 27.3 Å². The summed E-state index contributed by atoms with van der Waals surface area (Å²) in [6.45, 7) is 6.60. The number of likely N-dealkylation sites (tertiary alicyclic amines) is 1. The maximum Gasteiger partial charge on any atom is 0.316 e. The van der Waals surface area contributed by atoms with Gasteiger partial charge in [-0.3, -0.25) is 9.69 Å². The molecule has 1 aliphatic carbocycles. The van der Waals surface area contributed by atoms with Crippen LogP contribution in [0.25, 0.3) is 0 Å². The Morgan fingerprint density at radius 1 is 1.13 bits per heavy atom. The van der Waals surface area contributed by atoms with Crippen molar-refractivity contribution in [3.63, 3.8) is 0 Å². The summed E-state index contributed by atoms with van der Waals surface area (Å²) < 4.78 is 39.4. The Hall–Kier alpha value is -2.94. The van der Waals surface area contributed by atoms with E-state index in [-0.39, 0.29) is 35.7 Å². The summed E-state index contributed by atoms with van der Waals surface area (Å²) in [7, 11) is -0.677. The number of aryl methyl sites for hydroxylation is 2. The molecule has 1 saturated carbocycles. The minimum absolute atomic E-state index is 0.0886. The fourth-order valence-corrected chi connectivity index (χ4v) is 7.85. The van der Waals surface area contributed by atoms with Crippen molar-refractivity contribution in [1.82, 2.24) is 34.4 Å². The van der Waals surface area contributed by atoms with Crippen molar-refractivity contribution in [3.05, 3.63) is 45.0 Å². The molecule has 2 aromatic heterocycles. The third-order valence-corrected chi connectivity index (χ3v) is 10.0.